The average molecular weight is 444 g/mol. The van der Waals surface area contributed by atoms with Gasteiger partial charge in [0, 0.05) is 16.5 Å². The SMILES string of the molecule is CC(C)(C)[Si](C)(C)OCc1ccc(OS(=O)(=O)c2cccc3c(N)cccc23)cc1. The molecule has 0 bridgehead atoms. The van der Waals surface area contributed by atoms with Crippen LogP contribution in [0.3, 0.4) is 0 Å². The van der Waals surface area contributed by atoms with E-state index in [1.165, 1.54) is 6.07 Å². The molecule has 7 heteroatoms. The van der Waals surface area contributed by atoms with Gasteiger partial charge in [-0.05, 0) is 48.0 Å². The van der Waals surface area contributed by atoms with Crippen molar-refractivity contribution in [2.45, 2.75) is 50.4 Å². The van der Waals surface area contributed by atoms with Crippen molar-refractivity contribution in [3.8, 4) is 5.75 Å². The van der Waals surface area contributed by atoms with Crippen molar-refractivity contribution in [3.63, 3.8) is 0 Å². The van der Waals surface area contributed by atoms with Gasteiger partial charge in [-0.25, -0.2) is 0 Å². The van der Waals surface area contributed by atoms with Crippen LogP contribution in [0.1, 0.15) is 26.3 Å². The summed E-state index contributed by atoms with van der Waals surface area (Å²) in [7, 11) is -5.86. The molecule has 0 fully saturated rings. The standard InChI is InChI=1S/C23H29NO4SSi/c1-23(2,3)30(4,5)27-16-17-12-14-18(15-13-17)28-29(25,26)22-11-7-8-19-20(22)9-6-10-21(19)24/h6-15H,16,24H2,1-5H3. The minimum Gasteiger partial charge on any atom is -0.413 e. The van der Waals surface area contributed by atoms with Gasteiger partial charge in [-0.1, -0.05) is 57.2 Å². The quantitative estimate of drug-likeness (QED) is 0.300. The van der Waals surface area contributed by atoms with Crippen LogP contribution in [-0.2, 0) is 21.2 Å². The molecule has 0 unspecified atom stereocenters. The van der Waals surface area contributed by atoms with E-state index in [9.17, 15) is 8.42 Å². The van der Waals surface area contributed by atoms with Crippen molar-refractivity contribution in [1.82, 2.24) is 0 Å². The lowest BCUT2D eigenvalue weighted by atomic mass is 10.1. The molecule has 2 N–H and O–H groups in total. The van der Waals surface area contributed by atoms with Crippen LogP contribution in [0, 0.1) is 0 Å². The van der Waals surface area contributed by atoms with Gasteiger partial charge in [0.25, 0.3) is 0 Å². The minimum absolute atomic E-state index is 0.0950. The lowest BCUT2D eigenvalue weighted by Crippen LogP contribution is -2.40. The van der Waals surface area contributed by atoms with Crippen LogP contribution in [0.2, 0.25) is 18.1 Å². The monoisotopic (exact) mass is 443 g/mol. The lowest BCUT2D eigenvalue weighted by Gasteiger charge is -2.36. The zero-order chi connectivity index (χ0) is 22.2. The van der Waals surface area contributed by atoms with Crippen molar-refractivity contribution >= 4 is 34.9 Å². The molecule has 0 aromatic heterocycles. The first kappa shape index (κ1) is 22.3. The van der Waals surface area contributed by atoms with Gasteiger partial charge in [0.2, 0.25) is 0 Å². The van der Waals surface area contributed by atoms with E-state index >= 15 is 0 Å². The Morgan fingerprint density at radius 2 is 1.50 bits per heavy atom. The molecular weight excluding hydrogens is 414 g/mol. The summed E-state index contributed by atoms with van der Waals surface area (Å²) in [5.41, 5.74) is 7.48. The molecule has 3 aromatic carbocycles. The maximum Gasteiger partial charge on any atom is 0.339 e. The van der Waals surface area contributed by atoms with Crippen LogP contribution < -0.4 is 9.92 Å². The summed E-state index contributed by atoms with van der Waals surface area (Å²) in [6.45, 7) is 11.5. The van der Waals surface area contributed by atoms with Crippen molar-refractivity contribution in [2.24, 2.45) is 0 Å². The zero-order valence-electron chi connectivity index (χ0n) is 18.1. The van der Waals surface area contributed by atoms with Gasteiger partial charge in [0.15, 0.2) is 8.32 Å². The van der Waals surface area contributed by atoms with E-state index in [-0.39, 0.29) is 15.7 Å². The molecule has 0 aliphatic heterocycles. The molecule has 0 spiro atoms. The molecule has 3 rings (SSSR count). The molecule has 3 aromatic rings. The highest BCUT2D eigenvalue weighted by molar-refractivity contribution is 7.87. The van der Waals surface area contributed by atoms with Crippen molar-refractivity contribution in [1.29, 1.82) is 0 Å². The molecule has 160 valence electrons. The molecule has 0 heterocycles. The minimum atomic E-state index is -4.00. The fourth-order valence-electron chi connectivity index (χ4n) is 2.82. The Balaban J connectivity index is 1.78. The summed E-state index contributed by atoms with van der Waals surface area (Å²) in [5, 5.41) is 1.35. The van der Waals surface area contributed by atoms with Crippen LogP contribution >= 0.6 is 0 Å². The van der Waals surface area contributed by atoms with Crippen molar-refractivity contribution < 1.29 is 17.0 Å². The summed E-state index contributed by atoms with van der Waals surface area (Å²) in [6, 6.07) is 17.2. The summed E-state index contributed by atoms with van der Waals surface area (Å²) >= 11 is 0. The van der Waals surface area contributed by atoms with E-state index in [1.54, 1.807) is 42.5 Å². The van der Waals surface area contributed by atoms with Crippen LogP contribution in [0.4, 0.5) is 5.69 Å². The Morgan fingerprint density at radius 1 is 0.900 bits per heavy atom. The van der Waals surface area contributed by atoms with Crippen LogP contribution in [0.25, 0.3) is 10.8 Å². The van der Waals surface area contributed by atoms with Gasteiger partial charge in [0.1, 0.15) is 10.6 Å². The third-order valence-corrected chi connectivity index (χ3v) is 11.5. The molecule has 0 saturated carbocycles. The number of rotatable bonds is 6. The highest BCUT2D eigenvalue weighted by Gasteiger charge is 2.37. The number of fused-ring (bicyclic) bond motifs is 1. The Kier molecular flexibility index (Phi) is 6.00. The van der Waals surface area contributed by atoms with E-state index in [4.69, 9.17) is 14.3 Å². The van der Waals surface area contributed by atoms with Crippen LogP contribution in [0.15, 0.2) is 65.6 Å². The Hall–Kier alpha value is -2.35. The molecule has 5 nitrogen and oxygen atoms in total. The van der Waals surface area contributed by atoms with Crippen LogP contribution in [-0.4, -0.2) is 16.7 Å². The van der Waals surface area contributed by atoms with E-state index in [0.29, 0.717) is 23.1 Å². The summed E-state index contributed by atoms with van der Waals surface area (Å²) in [4.78, 5) is 0.0950. The number of benzene rings is 3. The molecular formula is C23H29NO4SSi. The van der Waals surface area contributed by atoms with Gasteiger partial charge in [-0.3, -0.25) is 0 Å². The predicted molar refractivity (Wildman–Crippen MR) is 125 cm³/mol. The summed E-state index contributed by atoms with van der Waals surface area (Å²) in [6.07, 6.45) is 0. The third-order valence-electron chi connectivity index (χ3n) is 5.72. The second kappa shape index (κ2) is 8.06. The van der Waals surface area contributed by atoms with Crippen molar-refractivity contribution in [2.75, 3.05) is 5.73 Å². The van der Waals surface area contributed by atoms with Crippen LogP contribution in [0.5, 0.6) is 5.75 Å². The second-order valence-electron chi connectivity index (χ2n) is 8.93. The van der Waals surface area contributed by atoms with Gasteiger partial charge in [-0.2, -0.15) is 8.42 Å². The smallest absolute Gasteiger partial charge is 0.339 e. The molecule has 30 heavy (non-hydrogen) atoms. The second-order valence-corrected chi connectivity index (χ2v) is 15.3. The first-order chi connectivity index (χ1) is 13.9. The Bertz CT molecular complexity index is 1150. The Labute approximate surface area is 180 Å². The summed E-state index contributed by atoms with van der Waals surface area (Å²) in [5.74, 6) is 0.256. The number of hydrogen-bond acceptors (Lipinski definition) is 5. The van der Waals surface area contributed by atoms with E-state index < -0.39 is 18.4 Å². The molecule has 0 saturated heterocycles. The summed E-state index contributed by atoms with van der Waals surface area (Å²) < 4.78 is 37.4. The lowest BCUT2D eigenvalue weighted by molar-refractivity contribution is 0.276. The maximum absolute atomic E-state index is 12.9. The number of nitrogen functional groups attached to an aromatic ring is 1. The highest BCUT2D eigenvalue weighted by Crippen LogP contribution is 2.37. The Morgan fingerprint density at radius 3 is 2.13 bits per heavy atom. The van der Waals surface area contributed by atoms with Gasteiger partial charge in [0.05, 0.1) is 6.61 Å². The molecule has 0 radical (unpaired) electrons. The zero-order valence-corrected chi connectivity index (χ0v) is 19.9. The molecule has 0 atom stereocenters. The average Bonchev–Trinajstić information content (AvgIpc) is 2.66. The highest BCUT2D eigenvalue weighted by atomic mass is 32.2. The van der Waals surface area contributed by atoms with E-state index in [1.807, 2.05) is 12.1 Å². The first-order valence-electron chi connectivity index (χ1n) is 9.85. The van der Waals surface area contributed by atoms with Crippen molar-refractivity contribution in [3.05, 3.63) is 66.2 Å². The predicted octanol–water partition coefficient (Wildman–Crippen LogP) is 5.71. The van der Waals surface area contributed by atoms with Gasteiger partial charge < -0.3 is 14.3 Å². The first-order valence-corrected chi connectivity index (χ1v) is 14.2. The molecule has 0 aliphatic carbocycles. The largest absolute Gasteiger partial charge is 0.413 e. The fourth-order valence-corrected chi connectivity index (χ4v) is 4.92. The number of nitrogens with two attached hydrogens (primary N) is 1. The van der Waals surface area contributed by atoms with E-state index in [2.05, 4.69) is 33.9 Å². The molecule has 0 aliphatic rings. The van der Waals surface area contributed by atoms with Gasteiger partial charge >= 0.3 is 10.1 Å². The fraction of sp³-hybridized carbons (Fsp3) is 0.304. The molecule has 0 amide bonds. The van der Waals surface area contributed by atoms with E-state index in [0.717, 1.165) is 5.56 Å². The number of anilines is 1. The normalized spacial score (nSPS) is 12.8. The topological polar surface area (TPSA) is 78.6 Å². The third kappa shape index (κ3) is 4.69. The maximum atomic E-state index is 12.9. The van der Waals surface area contributed by atoms with Gasteiger partial charge in [-0.15, -0.1) is 0 Å². The number of hydrogen-bond donors (Lipinski definition) is 1.